The van der Waals surface area contributed by atoms with E-state index in [0.717, 1.165) is 54.5 Å². The summed E-state index contributed by atoms with van der Waals surface area (Å²) in [5.74, 6) is -0.245. The van der Waals surface area contributed by atoms with Gasteiger partial charge in [-0.1, -0.05) is 28.1 Å². The molecule has 7 nitrogen and oxygen atoms in total. The molecular weight excluding hydrogens is 494 g/mol. The second kappa shape index (κ2) is 9.86. The molecule has 0 bridgehead atoms. The number of aromatic nitrogens is 2. The summed E-state index contributed by atoms with van der Waals surface area (Å²) in [5.41, 5.74) is 0.411. The summed E-state index contributed by atoms with van der Waals surface area (Å²) in [7, 11) is 3.90. The van der Waals surface area contributed by atoms with Crippen LogP contribution in [-0.2, 0) is 0 Å². The lowest BCUT2D eigenvalue weighted by atomic mass is 9.91. The Morgan fingerprint density at radius 1 is 1.03 bits per heavy atom. The Hall–Kier alpha value is -3.01. The summed E-state index contributed by atoms with van der Waals surface area (Å²) in [6, 6.07) is 9.55. The Balaban J connectivity index is 1.34. The van der Waals surface area contributed by atoms with Gasteiger partial charge in [0.1, 0.15) is 11.5 Å². The molecule has 3 aromatic rings. The van der Waals surface area contributed by atoms with Crippen LogP contribution in [0.5, 0.6) is 0 Å². The molecule has 0 unspecified atom stereocenters. The molecule has 174 valence electrons. The van der Waals surface area contributed by atoms with Crippen molar-refractivity contribution in [1.29, 1.82) is 0 Å². The highest BCUT2D eigenvalue weighted by Gasteiger charge is 2.24. The standard InChI is InChI=1S/C23H25BrF2N6O/c1-32(2)21-16-5-3-4-6-19(16)29-22(31-21)27-14-7-9-15(10-8-14)28-23(33)30-20-17(25)11-13(24)12-18(20)26/h3-6,11-12,14-15H,7-10H2,1-2H3,(H,27,29,31)(H2,28,30,33). The van der Waals surface area contributed by atoms with Gasteiger partial charge in [-0.25, -0.2) is 18.6 Å². The number of benzene rings is 2. The van der Waals surface area contributed by atoms with Gasteiger partial charge in [-0.15, -0.1) is 0 Å². The zero-order valence-electron chi connectivity index (χ0n) is 18.3. The van der Waals surface area contributed by atoms with Gasteiger partial charge >= 0.3 is 6.03 Å². The Bertz CT molecular complexity index is 1140. The molecule has 4 rings (SSSR count). The number of hydrogen-bond acceptors (Lipinski definition) is 5. The number of carbonyl (C=O) groups excluding carboxylic acids is 1. The van der Waals surface area contributed by atoms with Crippen LogP contribution in [-0.4, -0.2) is 42.2 Å². The van der Waals surface area contributed by atoms with Crippen LogP contribution >= 0.6 is 15.9 Å². The topological polar surface area (TPSA) is 82.2 Å². The summed E-state index contributed by atoms with van der Waals surface area (Å²) in [6.45, 7) is 0. The number of urea groups is 1. The van der Waals surface area contributed by atoms with Gasteiger partial charge in [0.15, 0.2) is 11.6 Å². The maximum absolute atomic E-state index is 13.9. The number of hydrogen-bond donors (Lipinski definition) is 3. The van der Waals surface area contributed by atoms with Crippen molar-refractivity contribution in [3.8, 4) is 0 Å². The average molecular weight is 519 g/mol. The van der Waals surface area contributed by atoms with E-state index in [4.69, 9.17) is 0 Å². The molecule has 0 atom stereocenters. The highest BCUT2D eigenvalue weighted by Crippen LogP contribution is 2.27. The van der Waals surface area contributed by atoms with Crippen LogP contribution in [0.15, 0.2) is 40.9 Å². The van der Waals surface area contributed by atoms with Crippen LogP contribution in [0.25, 0.3) is 10.9 Å². The molecule has 1 fully saturated rings. The number of para-hydroxylation sites is 1. The van der Waals surface area contributed by atoms with Gasteiger partial charge in [0.25, 0.3) is 0 Å². The average Bonchev–Trinajstić information content (AvgIpc) is 2.77. The van der Waals surface area contributed by atoms with Gasteiger partial charge < -0.3 is 20.9 Å². The maximum Gasteiger partial charge on any atom is 0.319 e. The van der Waals surface area contributed by atoms with Crippen molar-refractivity contribution >= 4 is 50.3 Å². The lowest BCUT2D eigenvalue weighted by Crippen LogP contribution is -2.42. The molecule has 0 aliphatic heterocycles. The lowest BCUT2D eigenvalue weighted by molar-refractivity contribution is 0.243. The van der Waals surface area contributed by atoms with E-state index in [-0.39, 0.29) is 16.6 Å². The summed E-state index contributed by atoms with van der Waals surface area (Å²) in [5, 5.41) is 9.50. The monoisotopic (exact) mass is 518 g/mol. The Labute approximate surface area is 199 Å². The minimum atomic E-state index is -0.836. The quantitative estimate of drug-likeness (QED) is 0.428. The number of fused-ring (bicyclic) bond motifs is 1. The van der Waals surface area contributed by atoms with Crippen LogP contribution in [0.2, 0.25) is 0 Å². The molecule has 1 heterocycles. The van der Waals surface area contributed by atoms with E-state index < -0.39 is 23.4 Å². The Kier molecular flexibility index (Phi) is 6.92. The van der Waals surface area contributed by atoms with E-state index in [2.05, 4.69) is 41.8 Å². The largest absolute Gasteiger partial charge is 0.362 e. The van der Waals surface area contributed by atoms with E-state index in [1.807, 2.05) is 43.3 Å². The molecule has 1 aliphatic carbocycles. The van der Waals surface area contributed by atoms with Gasteiger partial charge in [-0.05, 0) is 49.9 Å². The van der Waals surface area contributed by atoms with Crippen molar-refractivity contribution in [2.24, 2.45) is 0 Å². The van der Waals surface area contributed by atoms with Gasteiger partial charge in [-0.2, -0.15) is 4.98 Å². The number of rotatable bonds is 5. The van der Waals surface area contributed by atoms with Crippen molar-refractivity contribution in [3.63, 3.8) is 0 Å². The van der Waals surface area contributed by atoms with Crippen molar-refractivity contribution in [2.45, 2.75) is 37.8 Å². The predicted octanol–water partition coefficient (Wildman–Crippen LogP) is 5.28. The molecule has 33 heavy (non-hydrogen) atoms. The molecule has 1 aliphatic rings. The minimum Gasteiger partial charge on any atom is -0.362 e. The summed E-state index contributed by atoms with van der Waals surface area (Å²) in [6.07, 6.45) is 3.06. The van der Waals surface area contributed by atoms with E-state index in [9.17, 15) is 13.6 Å². The highest BCUT2D eigenvalue weighted by molar-refractivity contribution is 9.10. The van der Waals surface area contributed by atoms with E-state index in [1.165, 1.54) is 0 Å². The number of anilines is 3. The molecule has 0 saturated heterocycles. The zero-order valence-corrected chi connectivity index (χ0v) is 19.9. The summed E-state index contributed by atoms with van der Waals surface area (Å²) >= 11 is 3.02. The summed E-state index contributed by atoms with van der Waals surface area (Å²) < 4.78 is 28.2. The van der Waals surface area contributed by atoms with E-state index >= 15 is 0 Å². The first-order valence-electron chi connectivity index (χ1n) is 10.7. The summed E-state index contributed by atoms with van der Waals surface area (Å²) in [4.78, 5) is 23.6. The van der Waals surface area contributed by atoms with Crippen LogP contribution < -0.4 is 20.9 Å². The van der Waals surface area contributed by atoms with Crippen molar-refractivity contribution < 1.29 is 13.6 Å². The molecule has 0 radical (unpaired) electrons. The minimum absolute atomic E-state index is 0.0838. The Morgan fingerprint density at radius 2 is 1.67 bits per heavy atom. The third-order valence-corrected chi connectivity index (χ3v) is 6.11. The number of nitrogens with one attached hydrogen (secondary N) is 3. The van der Waals surface area contributed by atoms with Gasteiger partial charge in [0.05, 0.1) is 5.52 Å². The van der Waals surface area contributed by atoms with Crippen molar-refractivity contribution in [2.75, 3.05) is 29.6 Å². The van der Waals surface area contributed by atoms with Gasteiger partial charge in [0, 0.05) is 36.0 Å². The molecule has 10 heteroatoms. The molecule has 2 amide bonds. The molecule has 3 N–H and O–H groups in total. The van der Waals surface area contributed by atoms with Crippen molar-refractivity contribution in [1.82, 2.24) is 15.3 Å². The van der Waals surface area contributed by atoms with Gasteiger partial charge in [-0.3, -0.25) is 0 Å². The van der Waals surface area contributed by atoms with E-state index in [1.54, 1.807) is 0 Å². The third kappa shape index (κ3) is 5.50. The fourth-order valence-corrected chi connectivity index (χ4v) is 4.43. The third-order valence-electron chi connectivity index (χ3n) is 5.65. The van der Waals surface area contributed by atoms with Gasteiger partial charge in [0.2, 0.25) is 5.95 Å². The second-order valence-electron chi connectivity index (χ2n) is 8.32. The molecule has 0 spiro atoms. The molecule has 1 aromatic heterocycles. The zero-order chi connectivity index (χ0) is 23.5. The fraction of sp³-hybridized carbons (Fsp3) is 0.348. The van der Waals surface area contributed by atoms with Crippen LogP contribution in [0.4, 0.5) is 31.0 Å². The molecular formula is C23H25BrF2N6O. The smallest absolute Gasteiger partial charge is 0.319 e. The fourth-order valence-electron chi connectivity index (χ4n) is 4.03. The number of nitrogens with zero attached hydrogens (tertiary/aromatic N) is 3. The predicted molar refractivity (Wildman–Crippen MR) is 130 cm³/mol. The maximum atomic E-state index is 13.9. The molecule has 2 aromatic carbocycles. The number of carbonyl (C=O) groups is 1. The number of amides is 2. The van der Waals surface area contributed by atoms with Crippen LogP contribution in [0, 0.1) is 11.6 Å². The highest BCUT2D eigenvalue weighted by atomic mass is 79.9. The van der Waals surface area contributed by atoms with Crippen LogP contribution in [0.1, 0.15) is 25.7 Å². The normalized spacial score (nSPS) is 18.1. The lowest BCUT2D eigenvalue weighted by Gasteiger charge is -2.30. The first-order chi connectivity index (χ1) is 15.8. The SMILES string of the molecule is CN(C)c1nc(NC2CCC(NC(=O)Nc3c(F)cc(Br)cc3F)CC2)nc2ccccc12. The van der Waals surface area contributed by atoms with E-state index in [0.29, 0.717) is 5.95 Å². The van der Waals surface area contributed by atoms with Crippen LogP contribution in [0.3, 0.4) is 0 Å². The Morgan fingerprint density at radius 3 is 2.33 bits per heavy atom. The second-order valence-corrected chi connectivity index (χ2v) is 9.23. The first kappa shape index (κ1) is 23.2. The first-order valence-corrected chi connectivity index (χ1v) is 11.5. The van der Waals surface area contributed by atoms with Crippen molar-refractivity contribution in [3.05, 3.63) is 52.5 Å². The number of halogens is 3. The molecule has 1 saturated carbocycles.